The number of rotatable bonds is 3. The summed E-state index contributed by atoms with van der Waals surface area (Å²) in [7, 11) is 0. The van der Waals surface area contributed by atoms with Gasteiger partial charge in [0, 0.05) is 24.5 Å². The van der Waals surface area contributed by atoms with Crippen molar-refractivity contribution in [2.75, 3.05) is 36.5 Å². The zero-order valence-electron chi connectivity index (χ0n) is 12.0. The molecule has 3 aromatic rings. The summed E-state index contributed by atoms with van der Waals surface area (Å²) in [5, 5.41) is 5.28. The predicted octanol–water partition coefficient (Wildman–Crippen LogP) is 3.27. The van der Waals surface area contributed by atoms with Crippen molar-refractivity contribution in [2.24, 2.45) is 0 Å². The van der Waals surface area contributed by atoms with Gasteiger partial charge in [0.15, 0.2) is 0 Å². The standard InChI is InChI=1S/C16H16N4OS/c1-3-13(20-6-8-21-9-7-20)4-2-12(1)18-16-17-11-15-14(19-16)5-10-22-15/h1-5,10-11H,6-9H2,(H,17,18,19). The van der Waals surface area contributed by atoms with E-state index in [4.69, 9.17) is 4.74 Å². The maximum absolute atomic E-state index is 5.38. The van der Waals surface area contributed by atoms with Gasteiger partial charge >= 0.3 is 0 Å². The van der Waals surface area contributed by atoms with Gasteiger partial charge in [-0.25, -0.2) is 9.97 Å². The molecule has 0 bridgehead atoms. The van der Waals surface area contributed by atoms with Gasteiger partial charge in [-0.15, -0.1) is 11.3 Å². The van der Waals surface area contributed by atoms with Crippen molar-refractivity contribution < 1.29 is 4.74 Å². The van der Waals surface area contributed by atoms with Crippen molar-refractivity contribution in [3.8, 4) is 0 Å². The number of benzene rings is 1. The van der Waals surface area contributed by atoms with Gasteiger partial charge < -0.3 is 15.0 Å². The Bertz CT molecular complexity index is 765. The van der Waals surface area contributed by atoms with E-state index in [0.29, 0.717) is 5.95 Å². The van der Waals surface area contributed by atoms with Crippen LogP contribution in [0, 0.1) is 0 Å². The Morgan fingerprint density at radius 1 is 1.09 bits per heavy atom. The zero-order valence-corrected chi connectivity index (χ0v) is 12.8. The molecule has 112 valence electrons. The first-order chi connectivity index (χ1) is 10.9. The molecule has 0 saturated carbocycles. The van der Waals surface area contributed by atoms with Crippen molar-refractivity contribution >= 4 is 38.9 Å². The SMILES string of the molecule is c1cc2nc(Nc3ccc(N4CCOCC4)cc3)ncc2s1. The lowest BCUT2D eigenvalue weighted by Crippen LogP contribution is -2.36. The average molecular weight is 312 g/mol. The summed E-state index contributed by atoms with van der Waals surface area (Å²) in [6.07, 6.45) is 1.86. The zero-order chi connectivity index (χ0) is 14.8. The molecule has 1 aromatic carbocycles. The summed E-state index contributed by atoms with van der Waals surface area (Å²) in [6, 6.07) is 10.4. The maximum atomic E-state index is 5.38. The molecule has 1 N–H and O–H groups in total. The van der Waals surface area contributed by atoms with Crippen LogP contribution in [0.2, 0.25) is 0 Å². The van der Waals surface area contributed by atoms with Crippen molar-refractivity contribution in [3.63, 3.8) is 0 Å². The van der Waals surface area contributed by atoms with Gasteiger partial charge in [0.05, 0.1) is 29.6 Å². The van der Waals surface area contributed by atoms with E-state index in [1.807, 2.05) is 17.6 Å². The minimum atomic E-state index is 0.630. The third-order valence-electron chi connectivity index (χ3n) is 3.70. The number of nitrogens with one attached hydrogen (secondary N) is 1. The summed E-state index contributed by atoms with van der Waals surface area (Å²) in [6.45, 7) is 3.50. The van der Waals surface area contributed by atoms with E-state index in [9.17, 15) is 0 Å². The number of ether oxygens (including phenoxy) is 1. The van der Waals surface area contributed by atoms with Crippen LogP contribution in [0.25, 0.3) is 10.2 Å². The topological polar surface area (TPSA) is 50.3 Å². The van der Waals surface area contributed by atoms with E-state index < -0.39 is 0 Å². The molecular weight excluding hydrogens is 296 g/mol. The minimum Gasteiger partial charge on any atom is -0.378 e. The number of thiophene rings is 1. The average Bonchev–Trinajstić information content (AvgIpc) is 3.04. The van der Waals surface area contributed by atoms with Crippen molar-refractivity contribution in [1.29, 1.82) is 0 Å². The van der Waals surface area contributed by atoms with Gasteiger partial charge in [-0.2, -0.15) is 0 Å². The molecule has 4 rings (SSSR count). The molecule has 1 saturated heterocycles. The van der Waals surface area contributed by atoms with Crippen LogP contribution < -0.4 is 10.2 Å². The molecule has 0 atom stereocenters. The molecule has 1 aliphatic heterocycles. The monoisotopic (exact) mass is 312 g/mol. The molecule has 1 aliphatic rings. The highest BCUT2D eigenvalue weighted by Gasteiger charge is 2.10. The van der Waals surface area contributed by atoms with Crippen LogP contribution in [-0.4, -0.2) is 36.3 Å². The molecule has 22 heavy (non-hydrogen) atoms. The fraction of sp³-hybridized carbons (Fsp3) is 0.250. The van der Waals surface area contributed by atoms with Crippen LogP contribution in [0.3, 0.4) is 0 Å². The summed E-state index contributed by atoms with van der Waals surface area (Å²) >= 11 is 1.65. The lowest BCUT2D eigenvalue weighted by atomic mass is 10.2. The number of nitrogens with zero attached hydrogens (tertiary/aromatic N) is 3. The summed E-state index contributed by atoms with van der Waals surface area (Å²) < 4.78 is 6.49. The molecule has 0 unspecified atom stereocenters. The summed E-state index contributed by atoms with van der Waals surface area (Å²) in [5.41, 5.74) is 3.20. The van der Waals surface area contributed by atoms with Gasteiger partial charge in [0.1, 0.15) is 0 Å². The Morgan fingerprint density at radius 3 is 2.73 bits per heavy atom. The molecule has 0 radical (unpaired) electrons. The lowest BCUT2D eigenvalue weighted by molar-refractivity contribution is 0.122. The van der Waals surface area contributed by atoms with E-state index in [2.05, 4.69) is 44.5 Å². The van der Waals surface area contributed by atoms with Crippen LogP contribution in [0.4, 0.5) is 17.3 Å². The van der Waals surface area contributed by atoms with Crippen LogP contribution in [-0.2, 0) is 4.74 Å². The fourth-order valence-corrected chi connectivity index (χ4v) is 3.22. The Hall–Kier alpha value is -2.18. The van der Waals surface area contributed by atoms with Crippen LogP contribution >= 0.6 is 11.3 Å². The fourth-order valence-electron chi connectivity index (χ4n) is 2.53. The van der Waals surface area contributed by atoms with Crippen molar-refractivity contribution in [1.82, 2.24) is 9.97 Å². The number of aromatic nitrogens is 2. The molecule has 6 heteroatoms. The summed E-state index contributed by atoms with van der Waals surface area (Å²) in [5.74, 6) is 0.630. The van der Waals surface area contributed by atoms with Crippen molar-refractivity contribution in [2.45, 2.75) is 0 Å². The van der Waals surface area contributed by atoms with Gasteiger partial charge in [-0.1, -0.05) is 0 Å². The molecule has 1 fully saturated rings. The quantitative estimate of drug-likeness (QED) is 0.804. The smallest absolute Gasteiger partial charge is 0.227 e. The second-order valence-electron chi connectivity index (χ2n) is 5.13. The molecular formula is C16H16N4OS. The number of hydrogen-bond acceptors (Lipinski definition) is 6. The van der Waals surface area contributed by atoms with E-state index in [0.717, 1.165) is 42.2 Å². The number of anilines is 3. The first-order valence-corrected chi connectivity index (χ1v) is 8.16. The number of hydrogen-bond donors (Lipinski definition) is 1. The van der Waals surface area contributed by atoms with Gasteiger partial charge in [0.25, 0.3) is 0 Å². The first kappa shape index (κ1) is 13.5. The Kier molecular flexibility index (Phi) is 3.62. The largest absolute Gasteiger partial charge is 0.378 e. The van der Waals surface area contributed by atoms with E-state index in [1.54, 1.807) is 11.3 Å². The highest BCUT2D eigenvalue weighted by molar-refractivity contribution is 7.17. The highest BCUT2D eigenvalue weighted by Crippen LogP contribution is 2.23. The maximum Gasteiger partial charge on any atom is 0.227 e. The number of morpholine rings is 1. The number of fused-ring (bicyclic) bond motifs is 1. The van der Waals surface area contributed by atoms with Gasteiger partial charge in [0.2, 0.25) is 5.95 Å². The predicted molar refractivity (Wildman–Crippen MR) is 90.2 cm³/mol. The second kappa shape index (κ2) is 5.90. The van der Waals surface area contributed by atoms with Crippen LogP contribution in [0.1, 0.15) is 0 Å². The second-order valence-corrected chi connectivity index (χ2v) is 6.08. The Balaban J connectivity index is 1.50. The molecule has 0 spiro atoms. The first-order valence-electron chi connectivity index (χ1n) is 7.28. The van der Waals surface area contributed by atoms with Gasteiger partial charge in [-0.3, -0.25) is 0 Å². The van der Waals surface area contributed by atoms with Crippen LogP contribution in [0.15, 0.2) is 41.9 Å². The van der Waals surface area contributed by atoms with E-state index in [-0.39, 0.29) is 0 Å². The van der Waals surface area contributed by atoms with E-state index >= 15 is 0 Å². The van der Waals surface area contributed by atoms with Crippen LogP contribution in [0.5, 0.6) is 0 Å². The molecule has 5 nitrogen and oxygen atoms in total. The molecule has 3 heterocycles. The molecule has 0 amide bonds. The molecule has 2 aromatic heterocycles. The molecule has 0 aliphatic carbocycles. The Labute approximate surface area is 132 Å². The van der Waals surface area contributed by atoms with Crippen molar-refractivity contribution in [3.05, 3.63) is 41.9 Å². The third kappa shape index (κ3) is 2.75. The highest BCUT2D eigenvalue weighted by atomic mass is 32.1. The Morgan fingerprint density at radius 2 is 1.91 bits per heavy atom. The normalized spacial score (nSPS) is 15.2. The lowest BCUT2D eigenvalue weighted by Gasteiger charge is -2.28. The minimum absolute atomic E-state index is 0.630. The third-order valence-corrected chi connectivity index (χ3v) is 4.54. The summed E-state index contributed by atoms with van der Waals surface area (Å²) in [4.78, 5) is 11.2. The van der Waals surface area contributed by atoms with Gasteiger partial charge in [-0.05, 0) is 35.7 Å². The van der Waals surface area contributed by atoms with E-state index in [1.165, 1.54) is 5.69 Å².